The summed E-state index contributed by atoms with van der Waals surface area (Å²) < 4.78 is 35.0. The zero-order chi connectivity index (χ0) is 17.9. The van der Waals surface area contributed by atoms with E-state index in [9.17, 15) is 13.5 Å². The summed E-state index contributed by atoms with van der Waals surface area (Å²) in [7, 11) is -3.91. The highest BCUT2D eigenvalue weighted by Crippen LogP contribution is 2.20. The molecule has 25 heavy (non-hydrogen) atoms. The average molecular weight is 424 g/mol. The highest BCUT2D eigenvalue weighted by molar-refractivity contribution is 9.10. The SMILES string of the molecule is O=S(=O)(N=C1C=CC=CC1=C([O-])N1CCOCC1)c1ccc(Br)cc1. The minimum absolute atomic E-state index is 0.0734. The molecule has 0 amide bonds. The number of benzene rings is 1. The highest BCUT2D eigenvalue weighted by atomic mass is 79.9. The van der Waals surface area contributed by atoms with E-state index >= 15 is 0 Å². The van der Waals surface area contributed by atoms with Crippen LogP contribution < -0.4 is 5.11 Å². The third-order valence-electron chi connectivity index (χ3n) is 3.76. The maximum atomic E-state index is 12.7. The van der Waals surface area contributed by atoms with Crippen LogP contribution in [0.4, 0.5) is 0 Å². The summed E-state index contributed by atoms with van der Waals surface area (Å²) in [4.78, 5) is 1.72. The van der Waals surface area contributed by atoms with E-state index in [0.29, 0.717) is 26.3 Å². The summed E-state index contributed by atoms with van der Waals surface area (Å²) in [5.74, 6) is -0.242. The molecule has 1 saturated heterocycles. The van der Waals surface area contributed by atoms with Crippen LogP contribution in [0.2, 0.25) is 0 Å². The molecule has 0 spiro atoms. The Kier molecular flexibility index (Phi) is 5.41. The fourth-order valence-corrected chi connectivity index (χ4v) is 3.73. The molecule has 0 N–H and O–H groups in total. The zero-order valence-corrected chi connectivity index (χ0v) is 15.7. The van der Waals surface area contributed by atoms with Gasteiger partial charge in [0.25, 0.3) is 10.0 Å². The largest absolute Gasteiger partial charge is 0.860 e. The van der Waals surface area contributed by atoms with Gasteiger partial charge >= 0.3 is 0 Å². The lowest BCUT2D eigenvalue weighted by Crippen LogP contribution is -2.41. The molecular weight excluding hydrogens is 408 g/mol. The summed E-state index contributed by atoms with van der Waals surface area (Å²) in [5, 5.41) is 12.7. The number of rotatable bonds is 3. The van der Waals surface area contributed by atoms with Gasteiger partial charge in [0.15, 0.2) is 0 Å². The molecule has 0 saturated carbocycles. The summed E-state index contributed by atoms with van der Waals surface area (Å²) in [6.45, 7) is 1.91. The van der Waals surface area contributed by atoms with Crippen molar-refractivity contribution in [2.45, 2.75) is 4.90 Å². The van der Waals surface area contributed by atoms with Gasteiger partial charge in [0.05, 0.1) is 23.8 Å². The van der Waals surface area contributed by atoms with Crippen molar-refractivity contribution >= 4 is 31.7 Å². The molecule has 3 rings (SSSR count). The van der Waals surface area contributed by atoms with Crippen molar-refractivity contribution in [1.29, 1.82) is 0 Å². The molecule has 0 unspecified atom stereocenters. The molecule has 0 radical (unpaired) electrons. The van der Waals surface area contributed by atoms with Gasteiger partial charge < -0.3 is 14.7 Å². The minimum atomic E-state index is -3.91. The number of allylic oxidation sites excluding steroid dienone is 5. The van der Waals surface area contributed by atoms with Crippen molar-refractivity contribution in [2.24, 2.45) is 4.40 Å². The Hall–Kier alpha value is -1.90. The lowest BCUT2D eigenvalue weighted by Gasteiger charge is -2.36. The highest BCUT2D eigenvalue weighted by Gasteiger charge is 2.18. The van der Waals surface area contributed by atoms with E-state index in [4.69, 9.17) is 4.74 Å². The van der Waals surface area contributed by atoms with E-state index in [-0.39, 0.29) is 22.1 Å². The van der Waals surface area contributed by atoms with Gasteiger partial charge in [-0.1, -0.05) is 34.2 Å². The van der Waals surface area contributed by atoms with Crippen molar-refractivity contribution in [2.75, 3.05) is 26.3 Å². The summed E-state index contributed by atoms with van der Waals surface area (Å²) in [6.07, 6.45) is 6.47. The first kappa shape index (κ1) is 17.9. The summed E-state index contributed by atoms with van der Waals surface area (Å²) in [5.41, 5.74) is 0.409. The number of ether oxygens (including phenoxy) is 1. The van der Waals surface area contributed by atoms with Crippen molar-refractivity contribution in [3.63, 3.8) is 0 Å². The van der Waals surface area contributed by atoms with E-state index in [1.54, 1.807) is 35.3 Å². The minimum Gasteiger partial charge on any atom is -0.860 e. The van der Waals surface area contributed by atoms with E-state index in [1.807, 2.05) is 0 Å². The molecule has 0 aromatic heterocycles. The predicted molar refractivity (Wildman–Crippen MR) is 96.5 cm³/mol. The van der Waals surface area contributed by atoms with E-state index in [2.05, 4.69) is 20.3 Å². The van der Waals surface area contributed by atoms with Gasteiger partial charge in [-0.15, -0.1) is 0 Å². The first-order valence-corrected chi connectivity index (χ1v) is 9.90. The van der Waals surface area contributed by atoms with Crippen LogP contribution in [0.25, 0.3) is 0 Å². The Morgan fingerprint density at radius 1 is 1.12 bits per heavy atom. The second kappa shape index (κ2) is 7.55. The molecule has 6 nitrogen and oxygen atoms in total. The zero-order valence-electron chi connectivity index (χ0n) is 13.3. The van der Waals surface area contributed by atoms with Gasteiger partial charge in [0, 0.05) is 23.1 Å². The number of morpholine rings is 1. The Balaban J connectivity index is 1.98. The molecule has 1 aliphatic heterocycles. The summed E-state index contributed by atoms with van der Waals surface area (Å²) in [6, 6.07) is 6.20. The van der Waals surface area contributed by atoms with Crippen LogP contribution in [-0.4, -0.2) is 45.3 Å². The second-order valence-corrected chi connectivity index (χ2v) is 7.96. The molecule has 0 bridgehead atoms. The number of halogens is 1. The molecule has 132 valence electrons. The Morgan fingerprint density at radius 2 is 1.76 bits per heavy atom. The molecule has 1 fully saturated rings. The topological polar surface area (TPSA) is 82.0 Å². The van der Waals surface area contributed by atoms with Crippen LogP contribution in [0.5, 0.6) is 0 Å². The Bertz CT molecular complexity index is 864. The van der Waals surface area contributed by atoms with Crippen molar-refractivity contribution in [3.05, 3.63) is 64.5 Å². The monoisotopic (exact) mass is 423 g/mol. The molecule has 1 aromatic rings. The molecule has 2 aliphatic rings. The van der Waals surface area contributed by atoms with Gasteiger partial charge in [0.2, 0.25) is 0 Å². The maximum absolute atomic E-state index is 12.7. The molecule has 0 atom stereocenters. The van der Waals surface area contributed by atoms with Crippen molar-refractivity contribution in [1.82, 2.24) is 4.90 Å². The van der Waals surface area contributed by atoms with Crippen LogP contribution in [-0.2, 0) is 14.8 Å². The normalized spacial score (nSPS) is 21.6. The number of hydrogen-bond donors (Lipinski definition) is 0. The number of sulfonamides is 1. The smallest absolute Gasteiger partial charge is 0.282 e. The lowest BCUT2D eigenvalue weighted by molar-refractivity contribution is -0.336. The van der Waals surface area contributed by atoms with Gasteiger partial charge in [0.1, 0.15) is 0 Å². The van der Waals surface area contributed by atoms with Crippen molar-refractivity contribution < 1.29 is 18.3 Å². The fourth-order valence-electron chi connectivity index (χ4n) is 2.46. The molecule has 1 aliphatic carbocycles. The van der Waals surface area contributed by atoms with Crippen LogP contribution in [0.3, 0.4) is 0 Å². The quantitative estimate of drug-likeness (QED) is 0.689. The molecule has 1 heterocycles. The van der Waals surface area contributed by atoms with Crippen LogP contribution in [0.15, 0.2) is 73.8 Å². The lowest BCUT2D eigenvalue weighted by atomic mass is 10.1. The van der Waals surface area contributed by atoms with E-state index in [0.717, 1.165) is 4.47 Å². The van der Waals surface area contributed by atoms with E-state index in [1.165, 1.54) is 18.2 Å². The predicted octanol–water partition coefficient (Wildman–Crippen LogP) is 1.61. The number of nitrogens with zero attached hydrogens (tertiary/aromatic N) is 2. The third kappa shape index (κ3) is 4.20. The number of hydrogen-bond acceptors (Lipinski definition) is 5. The van der Waals surface area contributed by atoms with Gasteiger partial charge in [-0.2, -0.15) is 12.8 Å². The van der Waals surface area contributed by atoms with Crippen LogP contribution in [0.1, 0.15) is 0 Å². The molecule has 8 heteroatoms. The second-order valence-electron chi connectivity index (χ2n) is 5.44. The Morgan fingerprint density at radius 3 is 2.44 bits per heavy atom. The van der Waals surface area contributed by atoms with Crippen LogP contribution >= 0.6 is 15.9 Å². The Labute approximate surface area is 155 Å². The van der Waals surface area contributed by atoms with Gasteiger partial charge in [-0.3, -0.25) is 0 Å². The van der Waals surface area contributed by atoms with Crippen LogP contribution in [0, 0.1) is 0 Å². The first-order chi connectivity index (χ1) is 12.0. The van der Waals surface area contributed by atoms with Gasteiger partial charge in [-0.25, -0.2) is 0 Å². The average Bonchev–Trinajstić information content (AvgIpc) is 2.62. The standard InChI is InChI=1S/C17H17BrN2O4S/c18-13-5-7-14(8-6-13)25(22,23)19-16-4-2-1-3-15(16)17(21)20-9-11-24-12-10-20/h1-8,21H,9-12H2/p-1. The van der Waals surface area contributed by atoms with Gasteiger partial charge in [-0.05, 0) is 36.2 Å². The first-order valence-electron chi connectivity index (χ1n) is 7.67. The fraction of sp³-hybridized carbons (Fsp3) is 0.235. The molecule has 1 aromatic carbocycles. The van der Waals surface area contributed by atoms with E-state index < -0.39 is 10.0 Å². The molecular formula is C17H16BrN2O4S-. The maximum Gasteiger partial charge on any atom is 0.282 e. The summed E-state index contributed by atoms with van der Waals surface area (Å²) >= 11 is 3.27. The third-order valence-corrected chi connectivity index (χ3v) is 5.60. The van der Waals surface area contributed by atoms with Crippen molar-refractivity contribution in [3.8, 4) is 0 Å².